The molecule has 0 aliphatic heterocycles. The van der Waals surface area contributed by atoms with Gasteiger partial charge in [-0.15, -0.1) is 0 Å². The smallest absolute Gasteiger partial charge is 0.146 e. The average molecular weight is 228 g/mol. The van der Waals surface area contributed by atoms with Crippen molar-refractivity contribution < 1.29 is 4.39 Å². The molecule has 1 aliphatic carbocycles. The number of halogens is 2. The summed E-state index contributed by atoms with van der Waals surface area (Å²) in [6.07, 6.45) is 3.97. The van der Waals surface area contributed by atoms with Crippen molar-refractivity contribution in [3.8, 4) is 0 Å². The topological polar surface area (TPSA) is 12.0 Å². The van der Waals surface area contributed by atoms with Crippen molar-refractivity contribution in [1.29, 1.82) is 0 Å². The summed E-state index contributed by atoms with van der Waals surface area (Å²) in [4.78, 5) is 0. The molecule has 1 aliphatic rings. The number of rotatable bonds is 4. The van der Waals surface area contributed by atoms with Gasteiger partial charge in [0, 0.05) is 12.1 Å². The summed E-state index contributed by atoms with van der Waals surface area (Å²) in [6.45, 7) is 1.56. The SMILES string of the molecule is Fc1c(Cl)cccc1CNCC1CCC1. The van der Waals surface area contributed by atoms with Gasteiger partial charge in [0.15, 0.2) is 0 Å². The highest BCUT2D eigenvalue weighted by Gasteiger charge is 2.16. The van der Waals surface area contributed by atoms with Crippen LogP contribution < -0.4 is 5.32 Å². The molecule has 82 valence electrons. The fraction of sp³-hybridized carbons (Fsp3) is 0.500. The van der Waals surface area contributed by atoms with Crippen LogP contribution in [-0.2, 0) is 6.54 Å². The van der Waals surface area contributed by atoms with Gasteiger partial charge in [-0.2, -0.15) is 0 Å². The molecule has 1 saturated carbocycles. The van der Waals surface area contributed by atoms with E-state index in [2.05, 4.69) is 5.32 Å². The predicted octanol–water partition coefficient (Wildman–Crippen LogP) is 3.37. The molecule has 15 heavy (non-hydrogen) atoms. The molecule has 2 rings (SSSR count). The van der Waals surface area contributed by atoms with Gasteiger partial charge in [-0.3, -0.25) is 0 Å². The summed E-state index contributed by atoms with van der Waals surface area (Å²) in [5, 5.41) is 3.48. The lowest BCUT2D eigenvalue weighted by Crippen LogP contribution is -2.27. The Morgan fingerprint density at radius 3 is 2.87 bits per heavy atom. The van der Waals surface area contributed by atoms with Crippen molar-refractivity contribution in [2.75, 3.05) is 6.54 Å². The Hall–Kier alpha value is -0.600. The minimum absolute atomic E-state index is 0.206. The highest BCUT2D eigenvalue weighted by molar-refractivity contribution is 6.30. The molecule has 0 aromatic heterocycles. The molecule has 1 aromatic carbocycles. The maximum absolute atomic E-state index is 13.5. The van der Waals surface area contributed by atoms with E-state index < -0.39 is 0 Å². The van der Waals surface area contributed by atoms with Crippen molar-refractivity contribution in [1.82, 2.24) is 5.32 Å². The minimum atomic E-state index is -0.291. The highest BCUT2D eigenvalue weighted by atomic mass is 35.5. The number of hydrogen-bond acceptors (Lipinski definition) is 1. The van der Waals surface area contributed by atoms with Gasteiger partial charge in [0.25, 0.3) is 0 Å². The predicted molar refractivity (Wildman–Crippen MR) is 60.5 cm³/mol. The largest absolute Gasteiger partial charge is 0.312 e. The zero-order chi connectivity index (χ0) is 10.7. The molecule has 0 atom stereocenters. The van der Waals surface area contributed by atoms with E-state index in [0.29, 0.717) is 12.1 Å². The molecular weight excluding hydrogens is 213 g/mol. The highest BCUT2D eigenvalue weighted by Crippen LogP contribution is 2.25. The molecule has 0 radical (unpaired) electrons. The van der Waals surface area contributed by atoms with Gasteiger partial charge in [-0.1, -0.05) is 30.2 Å². The first-order chi connectivity index (χ1) is 7.27. The van der Waals surface area contributed by atoms with E-state index in [1.54, 1.807) is 18.2 Å². The van der Waals surface area contributed by atoms with Crippen molar-refractivity contribution in [2.45, 2.75) is 25.8 Å². The number of hydrogen-bond donors (Lipinski definition) is 1. The van der Waals surface area contributed by atoms with E-state index in [1.165, 1.54) is 19.3 Å². The van der Waals surface area contributed by atoms with E-state index in [0.717, 1.165) is 12.5 Å². The lowest BCUT2D eigenvalue weighted by molar-refractivity contribution is 0.301. The molecule has 0 saturated heterocycles. The first-order valence-electron chi connectivity index (χ1n) is 5.41. The van der Waals surface area contributed by atoms with Gasteiger partial charge < -0.3 is 5.32 Å². The summed E-state index contributed by atoms with van der Waals surface area (Å²) in [6, 6.07) is 5.13. The minimum Gasteiger partial charge on any atom is -0.312 e. The van der Waals surface area contributed by atoms with E-state index in [-0.39, 0.29) is 10.8 Å². The monoisotopic (exact) mass is 227 g/mol. The summed E-state index contributed by atoms with van der Waals surface area (Å²) < 4.78 is 13.5. The Balaban J connectivity index is 1.84. The van der Waals surface area contributed by atoms with E-state index in [9.17, 15) is 4.39 Å². The van der Waals surface area contributed by atoms with Crippen LogP contribution in [0.5, 0.6) is 0 Å². The third kappa shape index (κ3) is 2.70. The fourth-order valence-electron chi connectivity index (χ4n) is 1.79. The van der Waals surface area contributed by atoms with Crippen molar-refractivity contribution in [3.05, 3.63) is 34.6 Å². The van der Waals surface area contributed by atoms with Gasteiger partial charge in [0.1, 0.15) is 5.82 Å². The van der Waals surface area contributed by atoms with Crippen molar-refractivity contribution in [2.24, 2.45) is 5.92 Å². The molecule has 1 fully saturated rings. The second-order valence-electron chi connectivity index (χ2n) is 4.14. The van der Waals surface area contributed by atoms with Crippen LogP contribution in [0.15, 0.2) is 18.2 Å². The molecule has 1 aromatic rings. The number of nitrogens with one attached hydrogen (secondary N) is 1. The molecule has 3 heteroatoms. The normalized spacial score (nSPS) is 16.4. The molecule has 0 amide bonds. The fourth-order valence-corrected chi connectivity index (χ4v) is 1.99. The van der Waals surface area contributed by atoms with Crippen LogP contribution in [0.3, 0.4) is 0 Å². The first kappa shape index (κ1) is 10.9. The Morgan fingerprint density at radius 2 is 2.20 bits per heavy atom. The van der Waals surface area contributed by atoms with Crippen molar-refractivity contribution >= 4 is 11.6 Å². The van der Waals surface area contributed by atoms with Crippen LogP contribution in [0.25, 0.3) is 0 Å². The summed E-state index contributed by atoms with van der Waals surface area (Å²) in [7, 11) is 0. The van der Waals surface area contributed by atoms with Crippen LogP contribution in [0.2, 0.25) is 5.02 Å². The molecule has 1 N–H and O–H groups in total. The second kappa shape index (κ2) is 4.95. The van der Waals surface area contributed by atoms with E-state index in [1.807, 2.05) is 0 Å². The van der Waals surface area contributed by atoms with Crippen LogP contribution in [0.1, 0.15) is 24.8 Å². The van der Waals surface area contributed by atoms with Crippen molar-refractivity contribution in [3.63, 3.8) is 0 Å². The standard InChI is InChI=1S/C12H15ClFN/c13-11-6-2-5-10(12(11)14)8-15-7-9-3-1-4-9/h2,5-6,9,15H,1,3-4,7-8H2. The summed E-state index contributed by atoms with van der Waals surface area (Å²) in [5.74, 6) is 0.507. The maximum Gasteiger partial charge on any atom is 0.146 e. The molecule has 0 spiro atoms. The molecular formula is C12H15ClFN. The summed E-state index contributed by atoms with van der Waals surface area (Å²) >= 11 is 5.69. The van der Waals surface area contributed by atoms with Gasteiger partial charge in [0.05, 0.1) is 5.02 Å². The van der Waals surface area contributed by atoms with E-state index in [4.69, 9.17) is 11.6 Å². The maximum atomic E-state index is 13.5. The van der Waals surface area contributed by atoms with Crippen LogP contribution in [0, 0.1) is 11.7 Å². The third-order valence-corrected chi connectivity index (χ3v) is 3.30. The van der Waals surface area contributed by atoms with E-state index >= 15 is 0 Å². The zero-order valence-electron chi connectivity index (χ0n) is 8.60. The Morgan fingerprint density at radius 1 is 1.40 bits per heavy atom. The Kier molecular flexibility index (Phi) is 3.60. The molecule has 1 nitrogen and oxygen atoms in total. The van der Waals surface area contributed by atoms with Crippen LogP contribution in [-0.4, -0.2) is 6.54 Å². The number of benzene rings is 1. The van der Waals surface area contributed by atoms with Crippen LogP contribution in [0.4, 0.5) is 4.39 Å². The Labute approximate surface area is 94.6 Å². The quantitative estimate of drug-likeness (QED) is 0.832. The molecule has 0 unspecified atom stereocenters. The third-order valence-electron chi connectivity index (χ3n) is 3.00. The van der Waals surface area contributed by atoms with Gasteiger partial charge >= 0.3 is 0 Å². The summed E-state index contributed by atoms with van der Waals surface area (Å²) in [5.41, 5.74) is 0.654. The Bertz CT molecular complexity index is 336. The second-order valence-corrected chi connectivity index (χ2v) is 4.55. The molecule has 0 bridgehead atoms. The lowest BCUT2D eigenvalue weighted by Gasteiger charge is -2.25. The first-order valence-corrected chi connectivity index (χ1v) is 5.79. The van der Waals surface area contributed by atoms with Crippen LogP contribution >= 0.6 is 11.6 Å². The zero-order valence-corrected chi connectivity index (χ0v) is 9.36. The van der Waals surface area contributed by atoms with Gasteiger partial charge in [-0.25, -0.2) is 4.39 Å². The average Bonchev–Trinajstić information content (AvgIpc) is 2.16. The van der Waals surface area contributed by atoms with Gasteiger partial charge in [0.2, 0.25) is 0 Å². The lowest BCUT2D eigenvalue weighted by atomic mass is 9.85. The van der Waals surface area contributed by atoms with Gasteiger partial charge in [-0.05, 0) is 31.4 Å². The molecule has 0 heterocycles.